The first-order valence-electron chi connectivity index (χ1n) is 8.16. The van der Waals surface area contributed by atoms with E-state index in [0.717, 1.165) is 33.8 Å². The number of aromatic nitrogens is 2. The highest BCUT2D eigenvalue weighted by molar-refractivity contribution is 7.20. The van der Waals surface area contributed by atoms with Crippen LogP contribution in [0.2, 0.25) is 0 Å². The van der Waals surface area contributed by atoms with Gasteiger partial charge in [0.15, 0.2) is 0 Å². The molecule has 4 rings (SSSR count). The van der Waals surface area contributed by atoms with Gasteiger partial charge in [0.1, 0.15) is 4.83 Å². The van der Waals surface area contributed by atoms with E-state index >= 15 is 0 Å². The fraction of sp³-hybridized carbons (Fsp3) is 0.333. The molecule has 0 spiro atoms. The highest BCUT2D eigenvalue weighted by atomic mass is 35.5. The maximum atomic E-state index is 12.5. The summed E-state index contributed by atoms with van der Waals surface area (Å²) < 4.78 is 1.84. The van der Waals surface area contributed by atoms with Crippen LogP contribution in [0.25, 0.3) is 10.2 Å². The van der Waals surface area contributed by atoms with Crippen LogP contribution in [0.15, 0.2) is 30.3 Å². The molecule has 2 N–H and O–H groups in total. The van der Waals surface area contributed by atoms with Crippen LogP contribution in [0.4, 0.5) is 0 Å². The van der Waals surface area contributed by atoms with E-state index in [4.69, 9.17) is 0 Å². The van der Waals surface area contributed by atoms with E-state index in [1.165, 1.54) is 22.5 Å². The van der Waals surface area contributed by atoms with Gasteiger partial charge in [-0.1, -0.05) is 24.3 Å². The lowest BCUT2D eigenvalue weighted by atomic mass is 9.94. The first-order valence-corrected chi connectivity index (χ1v) is 8.97. The van der Waals surface area contributed by atoms with Gasteiger partial charge in [0.2, 0.25) is 0 Å². The third-order valence-corrected chi connectivity index (χ3v) is 5.80. The largest absolute Gasteiger partial charge is 0.349 e. The van der Waals surface area contributed by atoms with Gasteiger partial charge in [0.25, 0.3) is 5.91 Å². The Morgan fingerprint density at radius 1 is 1.44 bits per heavy atom. The number of hydrogen-bond donors (Lipinski definition) is 2. The van der Waals surface area contributed by atoms with Crippen LogP contribution in [-0.4, -0.2) is 28.8 Å². The number of halogens is 1. The number of aryl methyl sites for hydroxylation is 2. The minimum atomic E-state index is -0.0135. The molecule has 25 heavy (non-hydrogen) atoms. The summed E-state index contributed by atoms with van der Waals surface area (Å²) in [6.45, 7) is 3.52. The van der Waals surface area contributed by atoms with Crippen molar-refractivity contribution < 1.29 is 4.79 Å². The normalized spacial score (nSPS) is 16.3. The molecule has 5 nitrogen and oxygen atoms in total. The molecule has 0 saturated carbocycles. The molecule has 0 fully saturated rings. The molecule has 2 aromatic heterocycles. The molecule has 3 aromatic rings. The van der Waals surface area contributed by atoms with E-state index in [9.17, 15) is 4.79 Å². The SMILES string of the molecule is Cc1nn(C)c2sc(C(=O)NCC3NCCc4ccccc43)cc12.Cl. The highest BCUT2D eigenvalue weighted by Gasteiger charge is 2.21. The monoisotopic (exact) mass is 376 g/mol. The Hall–Kier alpha value is -1.89. The van der Waals surface area contributed by atoms with Crippen molar-refractivity contribution in [1.82, 2.24) is 20.4 Å². The molecule has 0 radical (unpaired) electrons. The molecule has 7 heteroatoms. The molecule has 3 heterocycles. The molecule has 1 amide bonds. The summed E-state index contributed by atoms with van der Waals surface area (Å²) >= 11 is 1.49. The first-order chi connectivity index (χ1) is 11.6. The summed E-state index contributed by atoms with van der Waals surface area (Å²) in [5.41, 5.74) is 3.63. The highest BCUT2D eigenvalue weighted by Crippen LogP contribution is 2.28. The summed E-state index contributed by atoms with van der Waals surface area (Å²) in [4.78, 5) is 14.3. The van der Waals surface area contributed by atoms with Crippen molar-refractivity contribution in [2.75, 3.05) is 13.1 Å². The van der Waals surface area contributed by atoms with E-state index in [0.29, 0.717) is 6.54 Å². The van der Waals surface area contributed by atoms with E-state index in [2.05, 4.69) is 40.0 Å². The molecule has 0 bridgehead atoms. The van der Waals surface area contributed by atoms with Crippen LogP contribution >= 0.6 is 23.7 Å². The van der Waals surface area contributed by atoms with Crippen molar-refractivity contribution in [3.63, 3.8) is 0 Å². The molecule has 0 aliphatic carbocycles. The number of fused-ring (bicyclic) bond motifs is 2. The molecular weight excluding hydrogens is 356 g/mol. The van der Waals surface area contributed by atoms with Crippen molar-refractivity contribution >= 4 is 39.9 Å². The van der Waals surface area contributed by atoms with Crippen molar-refractivity contribution in [2.24, 2.45) is 7.05 Å². The van der Waals surface area contributed by atoms with Gasteiger partial charge in [-0.25, -0.2) is 0 Å². The van der Waals surface area contributed by atoms with E-state index in [1.54, 1.807) is 0 Å². The molecule has 1 atom stereocenters. The molecule has 0 saturated heterocycles. The standard InChI is InChI=1S/C18H20N4OS.ClH/c1-11-14-9-16(24-18(14)22(2)21-11)17(23)20-10-15-13-6-4-3-5-12(13)7-8-19-15;/h3-6,9,15,19H,7-8,10H2,1-2H3,(H,20,23);1H. The van der Waals surface area contributed by atoms with Crippen LogP contribution in [0.1, 0.15) is 32.5 Å². The third kappa shape index (κ3) is 3.29. The summed E-state index contributed by atoms with van der Waals surface area (Å²) in [6.07, 6.45) is 1.04. The third-order valence-electron chi connectivity index (χ3n) is 4.60. The van der Waals surface area contributed by atoms with Crippen LogP contribution in [0.3, 0.4) is 0 Å². The first kappa shape index (κ1) is 17.9. The molecule has 132 valence electrons. The maximum Gasteiger partial charge on any atom is 0.261 e. The van der Waals surface area contributed by atoms with Crippen molar-refractivity contribution in [3.8, 4) is 0 Å². The zero-order valence-corrected chi connectivity index (χ0v) is 15.8. The second-order valence-corrected chi connectivity index (χ2v) is 7.23. The summed E-state index contributed by atoms with van der Waals surface area (Å²) in [5.74, 6) is -0.0135. The average molecular weight is 377 g/mol. The summed E-state index contributed by atoms with van der Waals surface area (Å²) in [7, 11) is 1.91. The lowest BCUT2D eigenvalue weighted by molar-refractivity contribution is 0.0953. The van der Waals surface area contributed by atoms with Crippen LogP contribution in [-0.2, 0) is 13.5 Å². The van der Waals surface area contributed by atoms with Gasteiger partial charge in [-0.3, -0.25) is 9.48 Å². The summed E-state index contributed by atoms with van der Waals surface area (Å²) in [6, 6.07) is 10.6. The number of benzene rings is 1. The van der Waals surface area contributed by atoms with Gasteiger partial charge in [0.05, 0.1) is 10.6 Å². The van der Waals surface area contributed by atoms with E-state index in [-0.39, 0.29) is 24.4 Å². The number of nitrogens with zero attached hydrogens (tertiary/aromatic N) is 2. The molecule has 1 aromatic carbocycles. The Bertz CT molecular complexity index is 883. The topological polar surface area (TPSA) is 59.0 Å². The number of carbonyl (C=O) groups is 1. The number of hydrogen-bond acceptors (Lipinski definition) is 4. The van der Waals surface area contributed by atoms with Gasteiger partial charge in [-0.2, -0.15) is 5.10 Å². The van der Waals surface area contributed by atoms with Crippen molar-refractivity contribution in [1.29, 1.82) is 0 Å². The van der Waals surface area contributed by atoms with Crippen LogP contribution in [0, 0.1) is 6.92 Å². The van der Waals surface area contributed by atoms with Gasteiger partial charge >= 0.3 is 0 Å². The zero-order valence-electron chi connectivity index (χ0n) is 14.2. The molecule has 1 unspecified atom stereocenters. The van der Waals surface area contributed by atoms with Gasteiger partial charge < -0.3 is 10.6 Å². The number of nitrogens with one attached hydrogen (secondary N) is 2. The number of amides is 1. The van der Waals surface area contributed by atoms with Gasteiger partial charge in [-0.05, 0) is 37.1 Å². The smallest absolute Gasteiger partial charge is 0.261 e. The minimum Gasteiger partial charge on any atom is -0.349 e. The van der Waals surface area contributed by atoms with E-state index < -0.39 is 0 Å². The average Bonchev–Trinajstić information content (AvgIpc) is 3.15. The molecular formula is C18H21ClN4OS. The van der Waals surface area contributed by atoms with Crippen LogP contribution in [0.5, 0.6) is 0 Å². The van der Waals surface area contributed by atoms with Crippen molar-refractivity contribution in [2.45, 2.75) is 19.4 Å². The van der Waals surface area contributed by atoms with E-state index in [1.807, 2.05) is 24.7 Å². The summed E-state index contributed by atoms with van der Waals surface area (Å²) in [5, 5.41) is 12.0. The lowest BCUT2D eigenvalue weighted by Gasteiger charge is -2.27. The maximum absolute atomic E-state index is 12.5. The van der Waals surface area contributed by atoms with Crippen LogP contribution < -0.4 is 10.6 Å². The Kier molecular flexibility index (Phi) is 5.13. The Morgan fingerprint density at radius 3 is 3.04 bits per heavy atom. The second-order valence-electron chi connectivity index (χ2n) is 6.20. The Labute approximate surface area is 156 Å². The van der Waals surface area contributed by atoms with Gasteiger partial charge in [0, 0.05) is 25.0 Å². The predicted molar refractivity (Wildman–Crippen MR) is 104 cm³/mol. The predicted octanol–water partition coefficient (Wildman–Crippen LogP) is 2.98. The van der Waals surface area contributed by atoms with Crippen molar-refractivity contribution in [3.05, 3.63) is 52.0 Å². The lowest BCUT2D eigenvalue weighted by Crippen LogP contribution is -2.38. The quantitative estimate of drug-likeness (QED) is 0.738. The Morgan fingerprint density at radius 2 is 2.24 bits per heavy atom. The fourth-order valence-electron chi connectivity index (χ4n) is 3.37. The molecule has 1 aliphatic heterocycles. The molecule has 1 aliphatic rings. The Balaban J connectivity index is 0.00000182. The second kappa shape index (κ2) is 7.15. The zero-order chi connectivity index (χ0) is 16.7. The number of carbonyl (C=O) groups excluding carboxylic acids is 1. The number of thiophene rings is 1. The number of rotatable bonds is 3. The minimum absolute atomic E-state index is 0. The van der Waals surface area contributed by atoms with Gasteiger partial charge in [-0.15, -0.1) is 23.7 Å². The fourth-order valence-corrected chi connectivity index (χ4v) is 4.41.